The standard InChI is InChI=1S/C14H20N2O/c1-3-4-7-13(16-15)9-10-17-14-8-5-6-12(2)11-14/h5-6,8,11,13,16H,7,9-10,15H2,1-2H3. The Labute approximate surface area is 103 Å². The van der Waals surface area contributed by atoms with E-state index in [4.69, 9.17) is 10.6 Å². The first-order valence-electron chi connectivity index (χ1n) is 5.81. The average Bonchev–Trinajstić information content (AvgIpc) is 2.33. The molecule has 0 fully saturated rings. The van der Waals surface area contributed by atoms with Crippen molar-refractivity contribution >= 4 is 0 Å². The van der Waals surface area contributed by atoms with Gasteiger partial charge in [-0.25, -0.2) is 0 Å². The van der Waals surface area contributed by atoms with Gasteiger partial charge in [-0.3, -0.25) is 11.3 Å². The Morgan fingerprint density at radius 2 is 2.29 bits per heavy atom. The third kappa shape index (κ3) is 5.39. The minimum atomic E-state index is 0.187. The third-order valence-corrected chi connectivity index (χ3v) is 2.49. The summed E-state index contributed by atoms with van der Waals surface area (Å²) in [7, 11) is 0. The molecule has 3 heteroatoms. The fourth-order valence-corrected chi connectivity index (χ4v) is 1.49. The van der Waals surface area contributed by atoms with E-state index in [2.05, 4.69) is 17.3 Å². The SMILES string of the molecule is CC#CCC(CCOc1cccc(C)c1)NN. The van der Waals surface area contributed by atoms with Crippen molar-refractivity contribution in [2.75, 3.05) is 6.61 Å². The van der Waals surface area contributed by atoms with Crippen molar-refractivity contribution in [2.24, 2.45) is 5.84 Å². The van der Waals surface area contributed by atoms with Crippen molar-refractivity contribution < 1.29 is 4.74 Å². The van der Waals surface area contributed by atoms with Gasteiger partial charge in [0.2, 0.25) is 0 Å². The molecule has 0 saturated carbocycles. The number of hydrazine groups is 1. The van der Waals surface area contributed by atoms with Crippen molar-refractivity contribution in [2.45, 2.75) is 32.7 Å². The quantitative estimate of drug-likeness (QED) is 0.448. The molecule has 1 aromatic carbocycles. The fraction of sp³-hybridized carbons (Fsp3) is 0.429. The van der Waals surface area contributed by atoms with Gasteiger partial charge in [-0.1, -0.05) is 12.1 Å². The minimum Gasteiger partial charge on any atom is -0.494 e. The van der Waals surface area contributed by atoms with Gasteiger partial charge in [-0.05, 0) is 38.0 Å². The molecule has 0 heterocycles. The van der Waals surface area contributed by atoms with Gasteiger partial charge in [0.15, 0.2) is 0 Å². The zero-order valence-corrected chi connectivity index (χ0v) is 10.5. The Morgan fingerprint density at radius 1 is 1.47 bits per heavy atom. The van der Waals surface area contributed by atoms with Gasteiger partial charge in [0, 0.05) is 12.5 Å². The summed E-state index contributed by atoms with van der Waals surface area (Å²) >= 11 is 0. The summed E-state index contributed by atoms with van der Waals surface area (Å²) < 4.78 is 5.66. The van der Waals surface area contributed by atoms with E-state index in [1.807, 2.05) is 38.1 Å². The fourth-order valence-electron chi connectivity index (χ4n) is 1.49. The number of benzene rings is 1. The summed E-state index contributed by atoms with van der Waals surface area (Å²) in [4.78, 5) is 0. The molecular formula is C14H20N2O. The lowest BCUT2D eigenvalue weighted by Crippen LogP contribution is -2.35. The second-order valence-electron chi connectivity index (χ2n) is 3.95. The molecular weight excluding hydrogens is 212 g/mol. The number of aryl methyl sites for hydroxylation is 1. The molecule has 3 N–H and O–H groups in total. The lowest BCUT2D eigenvalue weighted by molar-refractivity contribution is 0.287. The molecule has 17 heavy (non-hydrogen) atoms. The molecule has 0 aliphatic rings. The van der Waals surface area contributed by atoms with Crippen LogP contribution in [-0.4, -0.2) is 12.6 Å². The summed E-state index contributed by atoms with van der Waals surface area (Å²) in [5.41, 5.74) is 3.95. The first kappa shape index (κ1) is 13.6. The van der Waals surface area contributed by atoms with Crippen LogP contribution in [-0.2, 0) is 0 Å². The van der Waals surface area contributed by atoms with Crippen molar-refractivity contribution in [3.63, 3.8) is 0 Å². The Morgan fingerprint density at radius 3 is 2.94 bits per heavy atom. The highest BCUT2D eigenvalue weighted by Gasteiger charge is 2.04. The second kappa shape index (κ2) is 7.72. The van der Waals surface area contributed by atoms with E-state index in [9.17, 15) is 0 Å². The number of nitrogens with two attached hydrogens (primary N) is 1. The van der Waals surface area contributed by atoms with Gasteiger partial charge >= 0.3 is 0 Å². The maximum Gasteiger partial charge on any atom is 0.119 e. The molecule has 92 valence electrons. The zero-order chi connectivity index (χ0) is 12.5. The monoisotopic (exact) mass is 232 g/mol. The Bertz CT molecular complexity index is 393. The van der Waals surface area contributed by atoms with Gasteiger partial charge < -0.3 is 4.74 Å². The van der Waals surface area contributed by atoms with Crippen LogP contribution in [0.3, 0.4) is 0 Å². The summed E-state index contributed by atoms with van der Waals surface area (Å²) in [6.07, 6.45) is 1.60. The van der Waals surface area contributed by atoms with Gasteiger partial charge in [-0.15, -0.1) is 11.8 Å². The molecule has 0 aliphatic heterocycles. The summed E-state index contributed by atoms with van der Waals surface area (Å²) in [6.45, 7) is 4.52. The molecule has 0 spiro atoms. The van der Waals surface area contributed by atoms with E-state index in [1.54, 1.807) is 0 Å². The van der Waals surface area contributed by atoms with Gasteiger partial charge in [0.25, 0.3) is 0 Å². The Kier molecular flexibility index (Phi) is 6.16. The van der Waals surface area contributed by atoms with Crippen LogP contribution in [0.1, 0.15) is 25.3 Å². The van der Waals surface area contributed by atoms with E-state index in [-0.39, 0.29) is 6.04 Å². The van der Waals surface area contributed by atoms with E-state index >= 15 is 0 Å². The van der Waals surface area contributed by atoms with Crippen LogP contribution in [0.4, 0.5) is 0 Å². The molecule has 0 amide bonds. The maximum atomic E-state index is 5.66. The van der Waals surface area contributed by atoms with Gasteiger partial charge in [0.1, 0.15) is 5.75 Å². The van der Waals surface area contributed by atoms with Crippen LogP contribution in [0.2, 0.25) is 0 Å². The van der Waals surface area contributed by atoms with Gasteiger partial charge in [-0.2, -0.15) is 0 Å². The largest absolute Gasteiger partial charge is 0.494 e. The molecule has 1 rings (SSSR count). The lowest BCUT2D eigenvalue weighted by atomic mass is 10.1. The molecule has 1 aromatic rings. The predicted molar refractivity (Wildman–Crippen MR) is 70.5 cm³/mol. The van der Waals surface area contributed by atoms with Gasteiger partial charge in [0.05, 0.1) is 6.61 Å². The molecule has 0 radical (unpaired) electrons. The molecule has 3 nitrogen and oxygen atoms in total. The molecule has 1 unspecified atom stereocenters. The molecule has 0 aliphatic carbocycles. The molecule has 0 saturated heterocycles. The summed E-state index contributed by atoms with van der Waals surface area (Å²) in [5, 5.41) is 0. The Hall–Kier alpha value is -1.50. The van der Waals surface area contributed by atoms with Crippen LogP contribution in [0.15, 0.2) is 24.3 Å². The van der Waals surface area contributed by atoms with Crippen molar-refractivity contribution in [3.05, 3.63) is 29.8 Å². The smallest absolute Gasteiger partial charge is 0.119 e. The normalized spacial score (nSPS) is 11.5. The van der Waals surface area contributed by atoms with E-state index in [1.165, 1.54) is 5.56 Å². The van der Waals surface area contributed by atoms with Crippen molar-refractivity contribution in [1.82, 2.24) is 5.43 Å². The van der Waals surface area contributed by atoms with Crippen LogP contribution in [0.5, 0.6) is 5.75 Å². The highest BCUT2D eigenvalue weighted by Crippen LogP contribution is 2.12. The average molecular weight is 232 g/mol. The van der Waals surface area contributed by atoms with Crippen LogP contribution in [0.25, 0.3) is 0 Å². The molecule has 1 atom stereocenters. The molecule has 0 bridgehead atoms. The summed E-state index contributed by atoms with van der Waals surface area (Å²) in [6, 6.07) is 8.22. The van der Waals surface area contributed by atoms with Crippen LogP contribution < -0.4 is 16.0 Å². The maximum absolute atomic E-state index is 5.66. The number of ether oxygens (including phenoxy) is 1. The third-order valence-electron chi connectivity index (χ3n) is 2.49. The first-order chi connectivity index (χ1) is 8.26. The topological polar surface area (TPSA) is 47.3 Å². The lowest BCUT2D eigenvalue weighted by Gasteiger charge is -2.13. The molecule has 0 aromatic heterocycles. The van der Waals surface area contributed by atoms with Crippen molar-refractivity contribution in [1.29, 1.82) is 0 Å². The van der Waals surface area contributed by atoms with Crippen molar-refractivity contribution in [3.8, 4) is 17.6 Å². The first-order valence-corrected chi connectivity index (χ1v) is 5.81. The van der Waals surface area contributed by atoms with Crippen LogP contribution >= 0.6 is 0 Å². The summed E-state index contributed by atoms with van der Waals surface area (Å²) in [5.74, 6) is 12.2. The Balaban J connectivity index is 2.32. The van der Waals surface area contributed by atoms with Crippen LogP contribution in [0, 0.1) is 18.8 Å². The minimum absolute atomic E-state index is 0.187. The zero-order valence-electron chi connectivity index (χ0n) is 10.5. The van der Waals surface area contributed by atoms with E-state index < -0.39 is 0 Å². The number of hydrogen-bond acceptors (Lipinski definition) is 3. The second-order valence-corrected chi connectivity index (χ2v) is 3.95. The number of rotatable bonds is 6. The number of hydrogen-bond donors (Lipinski definition) is 2. The predicted octanol–water partition coefficient (Wildman–Crippen LogP) is 2.01. The highest BCUT2D eigenvalue weighted by atomic mass is 16.5. The van der Waals surface area contributed by atoms with E-state index in [0.29, 0.717) is 6.61 Å². The highest BCUT2D eigenvalue weighted by molar-refractivity contribution is 5.27. The number of nitrogens with one attached hydrogen (secondary N) is 1. The van der Waals surface area contributed by atoms with E-state index in [0.717, 1.165) is 18.6 Å².